The van der Waals surface area contributed by atoms with E-state index < -0.39 is 0 Å². The van der Waals surface area contributed by atoms with Crippen LogP contribution in [0.2, 0.25) is 0 Å². The van der Waals surface area contributed by atoms with Gasteiger partial charge in [0.2, 0.25) is 11.8 Å². The van der Waals surface area contributed by atoms with Crippen molar-refractivity contribution in [3.63, 3.8) is 0 Å². The molecular formula is C49H82N4O3S. The second kappa shape index (κ2) is 33.9. The number of thiophene rings is 1. The van der Waals surface area contributed by atoms with E-state index in [-0.39, 0.29) is 17.7 Å². The van der Waals surface area contributed by atoms with Crippen LogP contribution in [0.15, 0.2) is 48.6 Å². The van der Waals surface area contributed by atoms with Gasteiger partial charge in [-0.05, 0) is 116 Å². The number of amides is 3. The number of nitrogens with one attached hydrogen (secondary N) is 2. The van der Waals surface area contributed by atoms with Gasteiger partial charge in [0.05, 0.1) is 12.1 Å². The van der Waals surface area contributed by atoms with Crippen molar-refractivity contribution in [2.24, 2.45) is 0 Å². The zero-order valence-corrected chi connectivity index (χ0v) is 37.7. The number of hydrogen-bond donors (Lipinski definition) is 2. The second-order valence-corrected chi connectivity index (χ2v) is 17.3. The average molecular weight is 807 g/mol. The van der Waals surface area contributed by atoms with Crippen LogP contribution in [0.25, 0.3) is 0 Å². The fourth-order valence-corrected chi connectivity index (χ4v) is 8.44. The second-order valence-electron chi connectivity index (χ2n) is 16.2. The van der Waals surface area contributed by atoms with Gasteiger partial charge in [-0.1, -0.05) is 127 Å². The molecule has 0 fully saturated rings. The highest BCUT2D eigenvalue weighted by molar-refractivity contribution is 7.17. The zero-order valence-electron chi connectivity index (χ0n) is 36.9. The maximum atomic E-state index is 13.6. The lowest BCUT2D eigenvalue weighted by atomic mass is 10.0. The Balaban J connectivity index is 1.76. The quantitative estimate of drug-likeness (QED) is 0.0537. The standard InChI is InChI=1S/C49H82N4O3S/c1-5-7-9-11-13-15-17-19-21-23-25-27-29-31-33-36-45(54)51-49-47(48(56)50-39-35-40-52(3)4)43-38-41-53(42-44(43)57-49)46(55)37-34-32-30-28-26-24-22-20-18-16-14-12-10-8-6-2/h13-16,19-22H,5-12,17-18,23-42H2,1-4H3,(H,50,56)(H,51,54)/b15-13-,16-14-,21-19-,22-20-. The largest absolute Gasteiger partial charge is 0.352 e. The van der Waals surface area contributed by atoms with Crippen molar-refractivity contribution < 1.29 is 14.4 Å². The first-order valence-corrected chi connectivity index (χ1v) is 23.9. The highest BCUT2D eigenvalue weighted by atomic mass is 32.1. The molecule has 0 aromatic carbocycles. The van der Waals surface area contributed by atoms with Crippen molar-refractivity contribution in [1.29, 1.82) is 0 Å². The number of anilines is 1. The Kier molecular flexibility index (Phi) is 29.9. The van der Waals surface area contributed by atoms with Crippen LogP contribution in [0.4, 0.5) is 5.00 Å². The molecule has 1 aromatic heterocycles. The van der Waals surface area contributed by atoms with E-state index in [1.165, 1.54) is 94.8 Å². The summed E-state index contributed by atoms with van der Waals surface area (Å²) < 4.78 is 0. The van der Waals surface area contributed by atoms with Crippen molar-refractivity contribution in [2.75, 3.05) is 39.0 Å². The van der Waals surface area contributed by atoms with Crippen molar-refractivity contribution in [1.82, 2.24) is 15.1 Å². The van der Waals surface area contributed by atoms with Gasteiger partial charge >= 0.3 is 0 Å². The summed E-state index contributed by atoms with van der Waals surface area (Å²) in [6, 6.07) is 0. The van der Waals surface area contributed by atoms with E-state index in [9.17, 15) is 14.4 Å². The summed E-state index contributed by atoms with van der Waals surface area (Å²) in [5.41, 5.74) is 1.60. The third-order valence-corrected chi connectivity index (χ3v) is 11.8. The fourth-order valence-electron chi connectivity index (χ4n) is 7.16. The first kappa shape index (κ1) is 50.2. The molecule has 2 N–H and O–H groups in total. The molecule has 0 aliphatic carbocycles. The van der Waals surface area contributed by atoms with Gasteiger partial charge in [0.1, 0.15) is 5.00 Å². The molecule has 1 aliphatic rings. The molecule has 1 aromatic rings. The number of carbonyl (C=O) groups is 3. The van der Waals surface area contributed by atoms with Gasteiger partial charge in [-0.15, -0.1) is 11.3 Å². The van der Waals surface area contributed by atoms with Crippen LogP contribution in [0, 0.1) is 0 Å². The molecule has 0 saturated heterocycles. The van der Waals surface area contributed by atoms with E-state index in [0.29, 0.717) is 49.5 Å². The molecule has 3 amide bonds. The predicted molar refractivity (Wildman–Crippen MR) is 246 cm³/mol. The van der Waals surface area contributed by atoms with Gasteiger partial charge in [-0.2, -0.15) is 0 Å². The molecule has 2 heterocycles. The Bertz CT molecular complexity index is 1340. The zero-order chi connectivity index (χ0) is 41.2. The van der Waals surface area contributed by atoms with Crippen LogP contribution in [0.3, 0.4) is 0 Å². The molecule has 2 rings (SSSR count). The lowest BCUT2D eigenvalue weighted by Crippen LogP contribution is -2.36. The Hall–Kier alpha value is -2.97. The lowest BCUT2D eigenvalue weighted by molar-refractivity contribution is -0.132. The van der Waals surface area contributed by atoms with E-state index in [1.807, 2.05) is 19.0 Å². The van der Waals surface area contributed by atoms with Gasteiger partial charge in [-0.25, -0.2) is 0 Å². The van der Waals surface area contributed by atoms with E-state index in [2.05, 4.69) is 78.0 Å². The summed E-state index contributed by atoms with van der Waals surface area (Å²) in [6.45, 7) is 7.09. The molecular weight excluding hydrogens is 725 g/mol. The normalized spacial score (nSPS) is 13.2. The van der Waals surface area contributed by atoms with Gasteiger partial charge in [-0.3, -0.25) is 14.4 Å². The summed E-state index contributed by atoms with van der Waals surface area (Å²) >= 11 is 1.48. The van der Waals surface area contributed by atoms with Gasteiger partial charge < -0.3 is 20.4 Å². The van der Waals surface area contributed by atoms with Crippen molar-refractivity contribution in [3.8, 4) is 0 Å². The molecule has 7 nitrogen and oxygen atoms in total. The van der Waals surface area contributed by atoms with Gasteiger partial charge in [0.15, 0.2) is 0 Å². The molecule has 0 radical (unpaired) electrons. The molecule has 0 atom stereocenters. The molecule has 1 aliphatic heterocycles. The van der Waals surface area contributed by atoms with E-state index in [1.54, 1.807) is 0 Å². The first-order chi connectivity index (χ1) is 27.9. The van der Waals surface area contributed by atoms with E-state index in [0.717, 1.165) is 81.2 Å². The summed E-state index contributed by atoms with van der Waals surface area (Å²) in [4.78, 5) is 45.0. The molecule has 0 saturated carbocycles. The van der Waals surface area contributed by atoms with Crippen molar-refractivity contribution in [3.05, 3.63) is 64.6 Å². The van der Waals surface area contributed by atoms with Crippen LogP contribution >= 0.6 is 11.3 Å². The summed E-state index contributed by atoms with van der Waals surface area (Å²) in [6.07, 6.45) is 46.3. The predicted octanol–water partition coefficient (Wildman–Crippen LogP) is 12.9. The summed E-state index contributed by atoms with van der Waals surface area (Å²) in [5, 5.41) is 6.86. The number of hydrogen-bond acceptors (Lipinski definition) is 5. The van der Waals surface area contributed by atoms with Crippen LogP contribution in [-0.2, 0) is 22.6 Å². The van der Waals surface area contributed by atoms with Gasteiger partial charge in [0, 0.05) is 30.8 Å². The Morgan fingerprint density at radius 1 is 0.649 bits per heavy atom. The lowest BCUT2D eigenvalue weighted by Gasteiger charge is -2.27. The van der Waals surface area contributed by atoms with Crippen molar-refractivity contribution >= 4 is 34.1 Å². The third-order valence-electron chi connectivity index (χ3n) is 10.7. The fraction of sp³-hybridized carbons (Fsp3) is 0.694. The molecule has 57 heavy (non-hydrogen) atoms. The number of allylic oxidation sites excluding steroid dienone is 8. The monoisotopic (exact) mass is 807 g/mol. The molecule has 322 valence electrons. The third kappa shape index (κ3) is 24.5. The molecule has 8 heteroatoms. The smallest absolute Gasteiger partial charge is 0.254 e. The number of rotatable bonds is 34. The number of nitrogens with zero attached hydrogens (tertiary/aromatic N) is 2. The summed E-state index contributed by atoms with van der Waals surface area (Å²) in [5.74, 6) is 0.0417. The number of carbonyl (C=O) groups excluding carboxylic acids is 3. The minimum Gasteiger partial charge on any atom is -0.352 e. The molecule has 0 unspecified atom stereocenters. The Labute approximate surface area is 353 Å². The van der Waals surface area contributed by atoms with Crippen LogP contribution in [0.1, 0.15) is 195 Å². The SMILES string of the molecule is CCCCC/C=C\C/C=C\CCCCCCCC(=O)Nc1sc2c(c1C(=O)NCCCN(C)C)CCN(C(=O)CCCCCCC/C=C\C/C=C\CCCCC)C2. The topological polar surface area (TPSA) is 81.8 Å². The highest BCUT2D eigenvalue weighted by Gasteiger charge is 2.30. The van der Waals surface area contributed by atoms with Crippen LogP contribution in [-0.4, -0.2) is 61.3 Å². The van der Waals surface area contributed by atoms with Crippen molar-refractivity contribution in [2.45, 2.75) is 187 Å². The van der Waals surface area contributed by atoms with Crippen LogP contribution in [0.5, 0.6) is 0 Å². The number of fused-ring (bicyclic) bond motifs is 1. The first-order valence-electron chi connectivity index (χ1n) is 23.1. The van der Waals surface area contributed by atoms with Gasteiger partial charge in [0.25, 0.3) is 5.91 Å². The van der Waals surface area contributed by atoms with E-state index >= 15 is 0 Å². The maximum Gasteiger partial charge on any atom is 0.254 e. The minimum atomic E-state index is -0.122. The summed E-state index contributed by atoms with van der Waals surface area (Å²) in [7, 11) is 4.06. The Morgan fingerprint density at radius 2 is 1.16 bits per heavy atom. The average Bonchev–Trinajstić information content (AvgIpc) is 3.56. The maximum absolute atomic E-state index is 13.6. The minimum absolute atomic E-state index is 0.0322. The Morgan fingerprint density at radius 3 is 1.70 bits per heavy atom. The molecule has 0 bridgehead atoms. The highest BCUT2D eigenvalue weighted by Crippen LogP contribution is 2.37. The molecule has 0 spiro atoms. The van der Waals surface area contributed by atoms with Crippen LogP contribution < -0.4 is 10.6 Å². The van der Waals surface area contributed by atoms with E-state index in [4.69, 9.17) is 0 Å². The number of unbranched alkanes of at least 4 members (excludes halogenated alkanes) is 16.